The van der Waals surface area contributed by atoms with Gasteiger partial charge in [-0.3, -0.25) is 24.6 Å². The number of likely N-dealkylation sites (tertiary alicyclic amines) is 1. The average Bonchev–Trinajstić information content (AvgIpc) is 3.39. The van der Waals surface area contributed by atoms with Crippen molar-refractivity contribution in [3.8, 4) is 5.75 Å². The first-order chi connectivity index (χ1) is 15.5. The Morgan fingerprint density at radius 3 is 2.53 bits per heavy atom. The van der Waals surface area contributed by atoms with E-state index in [0.717, 1.165) is 16.9 Å². The van der Waals surface area contributed by atoms with Crippen LogP contribution in [0.25, 0.3) is 0 Å². The molecule has 3 aliphatic heterocycles. The Hall–Kier alpha value is -2.84. The summed E-state index contributed by atoms with van der Waals surface area (Å²) in [6.07, 6.45) is 2.71. The Bertz CT molecular complexity index is 1090. The Labute approximate surface area is 190 Å². The molecule has 32 heavy (non-hydrogen) atoms. The molecule has 5 rings (SSSR count). The molecule has 3 aliphatic rings. The number of methoxy groups -OCH3 is 1. The van der Waals surface area contributed by atoms with Crippen LogP contribution in [0.15, 0.2) is 48.5 Å². The molecule has 1 spiro atoms. The number of amides is 3. The largest absolute Gasteiger partial charge is 0.497 e. The molecule has 2 aromatic rings. The smallest absolute Gasteiger partial charge is 0.250 e. The number of imide groups is 1. The van der Waals surface area contributed by atoms with E-state index in [9.17, 15) is 14.4 Å². The van der Waals surface area contributed by atoms with Crippen molar-refractivity contribution in [3.63, 3.8) is 0 Å². The van der Waals surface area contributed by atoms with E-state index in [1.165, 1.54) is 4.90 Å². The van der Waals surface area contributed by atoms with Crippen molar-refractivity contribution in [2.24, 2.45) is 11.8 Å². The highest BCUT2D eigenvalue weighted by atomic mass is 32.2. The van der Waals surface area contributed by atoms with Gasteiger partial charge >= 0.3 is 0 Å². The number of carbonyl (C=O) groups excluding carboxylic acids is 3. The maximum absolute atomic E-state index is 13.7. The van der Waals surface area contributed by atoms with Gasteiger partial charge < -0.3 is 10.1 Å². The number of hydrogen-bond acceptors (Lipinski definition) is 6. The molecule has 2 N–H and O–H groups in total. The molecule has 0 aromatic heterocycles. The van der Waals surface area contributed by atoms with Gasteiger partial charge in [-0.15, -0.1) is 0 Å². The Kier molecular flexibility index (Phi) is 5.22. The van der Waals surface area contributed by atoms with Gasteiger partial charge in [-0.05, 0) is 42.2 Å². The fraction of sp³-hybridized carbons (Fsp3) is 0.375. The van der Waals surface area contributed by atoms with Crippen molar-refractivity contribution >= 4 is 35.2 Å². The van der Waals surface area contributed by atoms with Crippen molar-refractivity contribution in [2.75, 3.05) is 24.4 Å². The van der Waals surface area contributed by atoms with Gasteiger partial charge in [0.2, 0.25) is 17.7 Å². The number of nitrogens with zero attached hydrogens (tertiary/aromatic N) is 1. The number of carbonyl (C=O) groups is 3. The predicted molar refractivity (Wildman–Crippen MR) is 122 cm³/mol. The van der Waals surface area contributed by atoms with Crippen LogP contribution in [0, 0.1) is 11.8 Å². The summed E-state index contributed by atoms with van der Waals surface area (Å²) in [5.74, 6) is -0.531. The number of hydrogen-bond donors (Lipinski definition) is 2. The Morgan fingerprint density at radius 1 is 1.06 bits per heavy atom. The maximum Gasteiger partial charge on any atom is 0.250 e. The molecule has 0 radical (unpaired) electrons. The highest BCUT2D eigenvalue weighted by molar-refractivity contribution is 7.98. The summed E-state index contributed by atoms with van der Waals surface area (Å²) in [4.78, 5) is 41.9. The molecule has 8 heteroatoms. The molecule has 3 amide bonds. The number of fused-ring (bicyclic) bond motifs is 4. The van der Waals surface area contributed by atoms with Crippen LogP contribution in [-0.4, -0.2) is 47.8 Å². The monoisotopic (exact) mass is 451 g/mol. The second kappa shape index (κ2) is 7.94. The van der Waals surface area contributed by atoms with Gasteiger partial charge in [0.05, 0.1) is 25.5 Å². The molecular formula is C24H25N3O4S. The van der Waals surface area contributed by atoms with Gasteiger partial charge in [-0.25, -0.2) is 0 Å². The minimum atomic E-state index is -1.22. The number of thioether (sulfide) groups is 1. The summed E-state index contributed by atoms with van der Waals surface area (Å²) < 4.78 is 5.20. The lowest BCUT2D eigenvalue weighted by Gasteiger charge is -2.29. The van der Waals surface area contributed by atoms with Gasteiger partial charge in [-0.1, -0.05) is 30.3 Å². The molecule has 3 heterocycles. The molecule has 2 saturated heterocycles. The summed E-state index contributed by atoms with van der Waals surface area (Å²) in [5, 5.41) is 6.39. The third kappa shape index (κ3) is 2.97. The minimum absolute atomic E-state index is 0.184. The number of anilines is 1. The van der Waals surface area contributed by atoms with E-state index in [1.54, 1.807) is 18.9 Å². The summed E-state index contributed by atoms with van der Waals surface area (Å²) >= 11 is 1.69. The number of benzene rings is 2. The molecule has 0 aliphatic carbocycles. The first-order valence-electron chi connectivity index (χ1n) is 10.7. The third-order valence-electron chi connectivity index (χ3n) is 6.85. The standard InChI is InChI=1S/C24H25N3O4S/c1-31-15-9-7-14(8-10-15)13-27-21(28)19-18(11-12-32-2)26-24(20(19)22(27)29)16-5-3-4-6-17(16)25-23(24)30/h3-10,18-20,26H,11-13H2,1-2H3,(H,25,30)/t18-,19-,20-,24-/m0/s1. The van der Waals surface area contributed by atoms with E-state index in [1.807, 2.05) is 54.8 Å². The van der Waals surface area contributed by atoms with Crippen molar-refractivity contribution in [3.05, 3.63) is 59.7 Å². The highest BCUT2D eigenvalue weighted by Crippen LogP contribution is 2.53. The molecule has 2 fully saturated rings. The van der Waals surface area contributed by atoms with E-state index >= 15 is 0 Å². The Morgan fingerprint density at radius 2 is 1.81 bits per heavy atom. The molecule has 7 nitrogen and oxygen atoms in total. The van der Waals surface area contributed by atoms with Gasteiger partial charge in [0.25, 0.3) is 0 Å². The Balaban J connectivity index is 1.54. The van der Waals surface area contributed by atoms with Crippen LogP contribution >= 0.6 is 11.8 Å². The van der Waals surface area contributed by atoms with E-state index in [4.69, 9.17) is 4.74 Å². The number of para-hydroxylation sites is 1. The molecule has 0 unspecified atom stereocenters. The van der Waals surface area contributed by atoms with E-state index < -0.39 is 17.4 Å². The van der Waals surface area contributed by atoms with Crippen LogP contribution in [0.1, 0.15) is 17.5 Å². The average molecular weight is 452 g/mol. The SMILES string of the molecule is COc1ccc(CN2C(=O)[C@H]3[C@H](CCSC)N[C@]4(C(=O)Nc5ccccc54)[C@@H]3C2=O)cc1. The van der Waals surface area contributed by atoms with Crippen molar-refractivity contribution < 1.29 is 19.1 Å². The highest BCUT2D eigenvalue weighted by Gasteiger charge is 2.70. The van der Waals surface area contributed by atoms with Crippen LogP contribution in [0.2, 0.25) is 0 Å². The summed E-state index contributed by atoms with van der Waals surface area (Å²) in [6, 6.07) is 14.5. The van der Waals surface area contributed by atoms with Crippen LogP contribution in [0.4, 0.5) is 5.69 Å². The summed E-state index contributed by atoms with van der Waals surface area (Å²) in [5.41, 5.74) is 1.07. The maximum atomic E-state index is 13.7. The van der Waals surface area contributed by atoms with Crippen molar-refractivity contribution in [2.45, 2.75) is 24.5 Å². The van der Waals surface area contributed by atoms with Gasteiger partial charge in [0.1, 0.15) is 11.3 Å². The van der Waals surface area contributed by atoms with E-state index in [0.29, 0.717) is 17.9 Å². The molecule has 0 saturated carbocycles. The lowest BCUT2D eigenvalue weighted by Crippen LogP contribution is -2.53. The number of ether oxygens (including phenoxy) is 1. The molecule has 0 bridgehead atoms. The van der Waals surface area contributed by atoms with Gasteiger partial charge in [0, 0.05) is 17.3 Å². The lowest BCUT2D eigenvalue weighted by molar-refractivity contribution is -0.143. The third-order valence-corrected chi connectivity index (χ3v) is 7.49. The molecule has 166 valence electrons. The topological polar surface area (TPSA) is 87.7 Å². The van der Waals surface area contributed by atoms with Crippen molar-refractivity contribution in [1.82, 2.24) is 10.2 Å². The second-order valence-corrected chi connectivity index (χ2v) is 9.44. The first-order valence-corrected chi connectivity index (χ1v) is 12.1. The lowest BCUT2D eigenvalue weighted by atomic mass is 9.76. The zero-order valence-corrected chi connectivity index (χ0v) is 18.8. The summed E-state index contributed by atoms with van der Waals surface area (Å²) in [7, 11) is 1.59. The van der Waals surface area contributed by atoms with Crippen LogP contribution < -0.4 is 15.4 Å². The summed E-state index contributed by atoms with van der Waals surface area (Å²) in [6.45, 7) is 0.184. The second-order valence-electron chi connectivity index (χ2n) is 8.45. The quantitative estimate of drug-likeness (QED) is 0.656. The molecular weight excluding hydrogens is 426 g/mol. The zero-order chi connectivity index (χ0) is 22.5. The number of rotatable bonds is 6. The fourth-order valence-electron chi connectivity index (χ4n) is 5.38. The van der Waals surface area contributed by atoms with Crippen LogP contribution in [0.5, 0.6) is 5.75 Å². The van der Waals surface area contributed by atoms with Crippen molar-refractivity contribution in [1.29, 1.82) is 0 Å². The molecule has 2 aromatic carbocycles. The minimum Gasteiger partial charge on any atom is -0.497 e. The molecule has 4 atom stereocenters. The van der Waals surface area contributed by atoms with Gasteiger partial charge in [0.15, 0.2) is 0 Å². The van der Waals surface area contributed by atoms with E-state index in [2.05, 4.69) is 10.6 Å². The normalized spacial score (nSPS) is 28.2. The van der Waals surface area contributed by atoms with E-state index in [-0.39, 0.29) is 30.3 Å². The first kappa shape index (κ1) is 21.0. The number of nitrogens with one attached hydrogen (secondary N) is 2. The fourth-order valence-corrected chi connectivity index (χ4v) is 5.87. The predicted octanol–water partition coefficient (Wildman–Crippen LogP) is 2.37. The van der Waals surface area contributed by atoms with Gasteiger partial charge in [-0.2, -0.15) is 11.8 Å². The van der Waals surface area contributed by atoms with Crippen LogP contribution in [0.3, 0.4) is 0 Å². The zero-order valence-electron chi connectivity index (χ0n) is 18.0. The van der Waals surface area contributed by atoms with Crippen LogP contribution in [-0.2, 0) is 26.5 Å².